The van der Waals surface area contributed by atoms with E-state index >= 15 is 0 Å². The molecule has 1 aromatic rings. The minimum absolute atomic E-state index is 0.0671. The van der Waals surface area contributed by atoms with Crippen molar-refractivity contribution in [1.82, 2.24) is 0 Å². The van der Waals surface area contributed by atoms with E-state index in [2.05, 4.69) is 0 Å². The highest BCUT2D eigenvalue weighted by Gasteiger charge is 2.40. The van der Waals surface area contributed by atoms with Crippen LogP contribution < -0.4 is 0 Å². The first kappa shape index (κ1) is 14.6. The first-order valence-corrected chi connectivity index (χ1v) is 8.54. The highest BCUT2D eigenvalue weighted by molar-refractivity contribution is 7.92. The maximum atomic E-state index is 13.7. The quantitative estimate of drug-likeness (QED) is 0.620. The van der Waals surface area contributed by atoms with Gasteiger partial charge in [-0.3, -0.25) is 0 Å². The van der Waals surface area contributed by atoms with Gasteiger partial charge in [-0.2, -0.15) is 0 Å². The van der Waals surface area contributed by atoms with Crippen LogP contribution in [0.1, 0.15) is 31.2 Å². The van der Waals surface area contributed by atoms with Crippen LogP contribution in [-0.2, 0) is 16.3 Å². The zero-order valence-electron chi connectivity index (χ0n) is 11.3. The minimum atomic E-state index is -3.12. The van der Waals surface area contributed by atoms with Crippen LogP contribution in [0.2, 0.25) is 0 Å². The molecule has 114 valence electrons. The Labute approximate surface area is 121 Å². The molecular formula is C15H15F3O2S. The molecule has 2 unspecified atom stereocenters. The van der Waals surface area contributed by atoms with E-state index in [0.29, 0.717) is 25.3 Å². The molecule has 1 saturated heterocycles. The van der Waals surface area contributed by atoms with Crippen LogP contribution in [0, 0.1) is 17.5 Å². The number of benzene rings is 1. The average molecular weight is 316 g/mol. The van der Waals surface area contributed by atoms with Crippen LogP contribution in [0.4, 0.5) is 13.2 Å². The molecule has 2 aliphatic heterocycles. The van der Waals surface area contributed by atoms with E-state index in [1.807, 2.05) is 0 Å². The molecule has 2 nitrogen and oxygen atoms in total. The first-order valence-electron chi connectivity index (χ1n) is 6.93. The second-order valence-electron chi connectivity index (χ2n) is 5.74. The number of sulfone groups is 1. The Hall–Kier alpha value is -1.30. The largest absolute Gasteiger partial charge is 0.228 e. The molecule has 0 saturated carbocycles. The Kier molecular flexibility index (Phi) is 3.59. The summed E-state index contributed by atoms with van der Waals surface area (Å²) < 4.78 is 64.1. The lowest BCUT2D eigenvalue weighted by atomic mass is 9.93. The topological polar surface area (TPSA) is 34.1 Å². The first-order chi connectivity index (χ1) is 9.88. The summed E-state index contributed by atoms with van der Waals surface area (Å²) in [4.78, 5) is 0. The molecule has 2 aliphatic rings. The van der Waals surface area contributed by atoms with E-state index in [4.69, 9.17) is 0 Å². The lowest BCUT2D eigenvalue weighted by Crippen LogP contribution is -2.39. The van der Waals surface area contributed by atoms with E-state index in [1.165, 1.54) is 0 Å². The van der Waals surface area contributed by atoms with E-state index in [0.717, 1.165) is 18.1 Å². The van der Waals surface area contributed by atoms with E-state index in [9.17, 15) is 21.6 Å². The number of fused-ring (bicyclic) bond motifs is 2. The Morgan fingerprint density at radius 1 is 1.05 bits per heavy atom. The van der Waals surface area contributed by atoms with Crippen molar-refractivity contribution in [2.45, 2.75) is 42.6 Å². The Balaban J connectivity index is 1.90. The van der Waals surface area contributed by atoms with Gasteiger partial charge in [0.2, 0.25) is 0 Å². The number of halogens is 3. The maximum Gasteiger partial charge on any atom is 0.161 e. The number of allylic oxidation sites excluding steroid dienone is 1. The van der Waals surface area contributed by atoms with Crippen LogP contribution in [-0.4, -0.2) is 18.9 Å². The second kappa shape index (κ2) is 5.16. The number of hydrogen-bond donors (Lipinski definition) is 0. The lowest BCUT2D eigenvalue weighted by molar-refractivity contribution is 0.489. The molecular weight excluding hydrogens is 301 g/mol. The summed E-state index contributed by atoms with van der Waals surface area (Å²) in [6.45, 7) is 0. The smallest absolute Gasteiger partial charge is 0.161 e. The molecule has 0 spiro atoms. The zero-order chi connectivity index (χ0) is 15.2. The van der Waals surface area contributed by atoms with Crippen molar-refractivity contribution in [3.63, 3.8) is 0 Å². The van der Waals surface area contributed by atoms with Crippen molar-refractivity contribution in [2.75, 3.05) is 0 Å². The lowest BCUT2D eigenvalue weighted by Gasteiger charge is -2.33. The van der Waals surface area contributed by atoms with Crippen molar-refractivity contribution < 1.29 is 21.6 Å². The molecule has 0 amide bonds. The Morgan fingerprint density at radius 3 is 2.48 bits per heavy atom. The summed E-state index contributed by atoms with van der Waals surface area (Å²) >= 11 is 0. The summed E-state index contributed by atoms with van der Waals surface area (Å²) in [6.07, 6.45) is 4.24. The third-order valence-corrected chi connectivity index (χ3v) is 6.87. The van der Waals surface area contributed by atoms with Gasteiger partial charge < -0.3 is 0 Å². The molecule has 0 aliphatic carbocycles. The molecule has 0 N–H and O–H groups in total. The van der Waals surface area contributed by atoms with Crippen molar-refractivity contribution in [3.05, 3.63) is 46.8 Å². The van der Waals surface area contributed by atoms with Gasteiger partial charge >= 0.3 is 0 Å². The summed E-state index contributed by atoms with van der Waals surface area (Å²) in [5, 5.41) is -0.919. The molecule has 2 heterocycles. The fourth-order valence-electron chi connectivity index (χ4n) is 3.22. The number of rotatable bonds is 2. The molecule has 2 atom stereocenters. The summed E-state index contributed by atoms with van der Waals surface area (Å²) in [7, 11) is -3.12. The molecule has 1 aromatic carbocycles. The van der Waals surface area contributed by atoms with Crippen molar-refractivity contribution in [3.8, 4) is 0 Å². The predicted octanol–water partition coefficient (Wildman–Crippen LogP) is 3.31. The van der Waals surface area contributed by atoms with Crippen LogP contribution in [0.3, 0.4) is 0 Å². The van der Waals surface area contributed by atoms with Crippen LogP contribution in [0.5, 0.6) is 0 Å². The Morgan fingerprint density at radius 2 is 1.76 bits per heavy atom. The molecule has 0 radical (unpaired) electrons. The van der Waals surface area contributed by atoms with Gasteiger partial charge in [0, 0.05) is 6.07 Å². The van der Waals surface area contributed by atoms with Crippen molar-refractivity contribution in [2.24, 2.45) is 0 Å². The van der Waals surface area contributed by atoms with Crippen LogP contribution in [0.25, 0.3) is 0 Å². The van der Waals surface area contributed by atoms with Gasteiger partial charge in [0.1, 0.15) is 5.82 Å². The minimum Gasteiger partial charge on any atom is -0.228 e. The Bertz CT molecular complexity index is 710. The molecule has 2 bridgehead atoms. The monoisotopic (exact) mass is 316 g/mol. The van der Waals surface area contributed by atoms with Crippen molar-refractivity contribution >= 4 is 9.84 Å². The van der Waals surface area contributed by atoms with Gasteiger partial charge in [-0.15, -0.1) is 0 Å². The molecule has 3 rings (SSSR count). The van der Waals surface area contributed by atoms with E-state index < -0.39 is 37.8 Å². The van der Waals surface area contributed by atoms with Gasteiger partial charge in [0.25, 0.3) is 0 Å². The number of hydrogen-bond acceptors (Lipinski definition) is 2. The molecule has 21 heavy (non-hydrogen) atoms. The van der Waals surface area contributed by atoms with Gasteiger partial charge in [-0.25, -0.2) is 21.6 Å². The zero-order valence-corrected chi connectivity index (χ0v) is 12.1. The van der Waals surface area contributed by atoms with Gasteiger partial charge in [-0.1, -0.05) is 18.1 Å². The average Bonchev–Trinajstić information content (AvgIpc) is 2.36. The van der Waals surface area contributed by atoms with Crippen molar-refractivity contribution in [1.29, 1.82) is 0 Å². The third-order valence-electron chi connectivity index (χ3n) is 4.32. The summed E-state index contributed by atoms with van der Waals surface area (Å²) in [6, 6.07) is 1.38. The van der Waals surface area contributed by atoms with Crippen LogP contribution >= 0.6 is 0 Å². The fourth-order valence-corrected chi connectivity index (χ4v) is 5.53. The van der Waals surface area contributed by atoms with Crippen LogP contribution in [0.15, 0.2) is 23.8 Å². The maximum absolute atomic E-state index is 13.7. The van der Waals surface area contributed by atoms with Gasteiger partial charge in [0.05, 0.1) is 10.5 Å². The van der Waals surface area contributed by atoms with E-state index in [1.54, 1.807) is 6.08 Å². The molecule has 6 heteroatoms. The third kappa shape index (κ3) is 2.61. The normalized spacial score (nSPS) is 27.3. The molecule has 0 aromatic heterocycles. The predicted molar refractivity (Wildman–Crippen MR) is 73.1 cm³/mol. The standard InChI is InChI=1S/C15H15F3O2S/c16-13-8-15(18)14(17)7-10(13)4-9-5-11-2-1-3-12(6-9)21(11,19)20/h5,7-8,11-12H,1-4,6H2. The van der Waals surface area contributed by atoms with E-state index in [-0.39, 0.29) is 12.0 Å². The van der Waals surface area contributed by atoms with Gasteiger partial charge in [0.15, 0.2) is 21.5 Å². The molecule has 1 fully saturated rings. The summed E-state index contributed by atoms with van der Waals surface area (Å²) in [5.41, 5.74) is 0.863. The highest BCUT2D eigenvalue weighted by atomic mass is 32.2. The fraction of sp³-hybridized carbons (Fsp3) is 0.467. The highest BCUT2D eigenvalue weighted by Crippen LogP contribution is 2.36. The SMILES string of the molecule is O=S1(=O)C2C=C(Cc3cc(F)c(F)cc3F)CC1CCC2. The van der Waals surface area contributed by atoms with Gasteiger partial charge in [-0.05, 0) is 37.3 Å². The second-order valence-corrected chi connectivity index (χ2v) is 8.19. The summed E-state index contributed by atoms with van der Waals surface area (Å²) in [5.74, 6) is -3.10.